The number of nitrogens with one attached hydrogen (secondary N) is 2. The second-order valence-electron chi connectivity index (χ2n) is 5.27. The summed E-state index contributed by atoms with van der Waals surface area (Å²) in [4.78, 5) is 16.7. The Morgan fingerprint density at radius 3 is 2.89 bits per heavy atom. The molecule has 0 amide bonds. The first kappa shape index (κ1) is 14.1. The van der Waals surface area contributed by atoms with Gasteiger partial charge >= 0.3 is 5.97 Å². The van der Waals surface area contributed by atoms with E-state index in [9.17, 15) is 4.79 Å². The van der Waals surface area contributed by atoms with Gasteiger partial charge in [-0.3, -0.25) is 0 Å². The second kappa shape index (κ2) is 6.73. The maximum absolute atomic E-state index is 11.3. The summed E-state index contributed by atoms with van der Waals surface area (Å²) in [6, 6.07) is 3.69. The molecule has 0 aromatic carbocycles. The molecule has 1 fully saturated rings. The minimum absolute atomic E-state index is 0.318. The molecule has 1 aromatic heterocycles. The van der Waals surface area contributed by atoms with Crippen LogP contribution in [0.15, 0.2) is 12.1 Å². The lowest BCUT2D eigenvalue weighted by molar-refractivity contribution is 0.0594. The zero-order valence-corrected chi connectivity index (χ0v) is 11.7. The number of hydrogen-bond acceptors (Lipinski definition) is 4. The van der Waals surface area contributed by atoms with E-state index in [-0.39, 0.29) is 5.97 Å². The fourth-order valence-corrected chi connectivity index (χ4v) is 2.45. The maximum Gasteiger partial charge on any atom is 0.354 e. The highest BCUT2D eigenvalue weighted by Gasteiger charge is 2.16. The van der Waals surface area contributed by atoms with Gasteiger partial charge in [-0.1, -0.05) is 0 Å². The maximum atomic E-state index is 11.3. The molecule has 1 aromatic rings. The summed E-state index contributed by atoms with van der Waals surface area (Å²) in [7, 11) is 3.57. The van der Waals surface area contributed by atoms with Crippen molar-refractivity contribution in [2.45, 2.75) is 19.4 Å². The summed E-state index contributed by atoms with van der Waals surface area (Å²) in [5.41, 5.74) is 1.53. The third-order valence-corrected chi connectivity index (χ3v) is 3.74. The normalized spacial score (nSPS) is 17.6. The average Bonchev–Trinajstić information content (AvgIpc) is 2.89. The number of carbonyl (C=O) groups excluding carboxylic acids is 1. The lowest BCUT2D eigenvalue weighted by atomic mass is 9.97. The van der Waals surface area contributed by atoms with Gasteiger partial charge in [-0.2, -0.15) is 0 Å². The van der Waals surface area contributed by atoms with E-state index >= 15 is 0 Å². The molecule has 0 radical (unpaired) electrons. The smallest absolute Gasteiger partial charge is 0.354 e. The topological polar surface area (TPSA) is 57.4 Å². The predicted molar refractivity (Wildman–Crippen MR) is 74.1 cm³/mol. The van der Waals surface area contributed by atoms with E-state index in [0.29, 0.717) is 5.69 Å². The van der Waals surface area contributed by atoms with Gasteiger partial charge in [0.25, 0.3) is 0 Å². The predicted octanol–water partition coefficient (Wildman–Crippen LogP) is 1.23. The number of methoxy groups -OCH3 is 1. The molecule has 1 aliphatic rings. The quantitative estimate of drug-likeness (QED) is 0.786. The molecule has 0 saturated carbocycles. The number of hydrogen-bond donors (Lipinski definition) is 2. The van der Waals surface area contributed by atoms with Crippen molar-refractivity contribution in [3.63, 3.8) is 0 Å². The van der Waals surface area contributed by atoms with Crippen LogP contribution in [0.5, 0.6) is 0 Å². The molecule has 0 atom stereocenters. The van der Waals surface area contributed by atoms with Gasteiger partial charge in [-0.15, -0.1) is 0 Å². The third kappa shape index (κ3) is 4.08. The first-order chi connectivity index (χ1) is 9.19. The van der Waals surface area contributed by atoms with Crippen LogP contribution in [-0.4, -0.2) is 49.6 Å². The molecule has 5 heteroatoms. The van der Waals surface area contributed by atoms with Crippen molar-refractivity contribution in [1.29, 1.82) is 0 Å². The summed E-state index contributed by atoms with van der Waals surface area (Å²) in [6.45, 7) is 4.20. The van der Waals surface area contributed by atoms with Crippen molar-refractivity contribution in [2.75, 3.05) is 33.8 Å². The molecule has 0 spiro atoms. The Morgan fingerprint density at radius 2 is 2.21 bits per heavy atom. The van der Waals surface area contributed by atoms with E-state index in [4.69, 9.17) is 0 Å². The minimum Gasteiger partial charge on any atom is -0.464 e. The molecule has 0 bridgehead atoms. The molecule has 1 saturated heterocycles. The Balaban J connectivity index is 1.71. The van der Waals surface area contributed by atoms with E-state index in [1.54, 1.807) is 6.07 Å². The Bertz CT molecular complexity index is 409. The van der Waals surface area contributed by atoms with Crippen LogP contribution >= 0.6 is 0 Å². The Morgan fingerprint density at radius 1 is 1.47 bits per heavy atom. The molecular formula is C14H23N3O2. The second-order valence-corrected chi connectivity index (χ2v) is 5.27. The van der Waals surface area contributed by atoms with Gasteiger partial charge in [0.15, 0.2) is 0 Å². The van der Waals surface area contributed by atoms with E-state index in [1.165, 1.54) is 33.0 Å². The van der Waals surface area contributed by atoms with Crippen LogP contribution in [0, 0.1) is 5.92 Å². The first-order valence-electron chi connectivity index (χ1n) is 6.84. The lowest BCUT2D eigenvalue weighted by Gasteiger charge is -2.28. The molecule has 0 unspecified atom stereocenters. The number of aromatic nitrogens is 1. The Hall–Kier alpha value is -1.33. The first-order valence-corrected chi connectivity index (χ1v) is 6.84. The number of esters is 1. The zero-order chi connectivity index (χ0) is 13.7. The van der Waals surface area contributed by atoms with Gasteiger partial charge in [0.05, 0.1) is 7.11 Å². The van der Waals surface area contributed by atoms with Crippen molar-refractivity contribution in [3.8, 4) is 0 Å². The van der Waals surface area contributed by atoms with Crippen molar-refractivity contribution in [2.24, 2.45) is 5.92 Å². The molecule has 2 N–H and O–H groups in total. The van der Waals surface area contributed by atoms with E-state index in [0.717, 1.165) is 24.7 Å². The van der Waals surface area contributed by atoms with Crippen LogP contribution in [0.25, 0.3) is 0 Å². The molecule has 2 heterocycles. The van der Waals surface area contributed by atoms with Crippen molar-refractivity contribution in [1.82, 2.24) is 15.2 Å². The lowest BCUT2D eigenvalue weighted by Crippen LogP contribution is -2.34. The number of rotatable bonds is 5. The molecule has 0 aliphatic carbocycles. The number of H-pyrrole nitrogens is 1. The average molecular weight is 265 g/mol. The van der Waals surface area contributed by atoms with Gasteiger partial charge in [0.1, 0.15) is 5.69 Å². The number of aromatic amines is 1. The largest absolute Gasteiger partial charge is 0.464 e. The molecule has 2 rings (SSSR count). The summed E-state index contributed by atoms with van der Waals surface area (Å²) in [6.07, 6.45) is 2.53. The molecular weight excluding hydrogens is 242 g/mol. The summed E-state index contributed by atoms with van der Waals surface area (Å²) in [5.74, 6) is 0.452. The van der Waals surface area contributed by atoms with E-state index < -0.39 is 0 Å². The van der Waals surface area contributed by atoms with Crippen LogP contribution in [0.1, 0.15) is 29.0 Å². The van der Waals surface area contributed by atoms with Gasteiger partial charge < -0.3 is 19.9 Å². The number of piperidine rings is 1. The summed E-state index contributed by atoms with van der Waals surface area (Å²) < 4.78 is 4.66. The van der Waals surface area contributed by atoms with Crippen LogP contribution in [0.3, 0.4) is 0 Å². The van der Waals surface area contributed by atoms with Crippen molar-refractivity contribution in [3.05, 3.63) is 23.5 Å². The highest BCUT2D eigenvalue weighted by atomic mass is 16.5. The van der Waals surface area contributed by atoms with Crippen LogP contribution in [0.4, 0.5) is 0 Å². The number of nitrogens with zero attached hydrogens (tertiary/aromatic N) is 1. The molecule has 106 valence electrons. The fraction of sp³-hybridized carbons (Fsp3) is 0.643. The van der Waals surface area contributed by atoms with Gasteiger partial charge in [-0.05, 0) is 57.6 Å². The number of ether oxygens (including phenoxy) is 1. The zero-order valence-electron chi connectivity index (χ0n) is 11.7. The van der Waals surface area contributed by atoms with E-state index in [1.807, 2.05) is 6.07 Å². The minimum atomic E-state index is -0.318. The molecule has 19 heavy (non-hydrogen) atoms. The van der Waals surface area contributed by atoms with Crippen molar-refractivity contribution < 1.29 is 9.53 Å². The highest BCUT2D eigenvalue weighted by Crippen LogP contribution is 2.14. The van der Waals surface area contributed by atoms with Crippen LogP contribution < -0.4 is 5.32 Å². The number of likely N-dealkylation sites (tertiary alicyclic amines) is 1. The van der Waals surface area contributed by atoms with Crippen molar-refractivity contribution >= 4 is 5.97 Å². The Kier molecular flexibility index (Phi) is 4.99. The number of carbonyl (C=O) groups is 1. The van der Waals surface area contributed by atoms with Crippen LogP contribution in [-0.2, 0) is 11.3 Å². The molecule has 5 nitrogen and oxygen atoms in total. The SMILES string of the molecule is COC(=O)c1ccc(CNCC2CCN(C)CC2)[nH]1. The van der Waals surface area contributed by atoms with Gasteiger partial charge in [-0.25, -0.2) is 4.79 Å². The van der Waals surface area contributed by atoms with E-state index in [2.05, 4.69) is 27.0 Å². The third-order valence-electron chi connectivity index (χ3n) is 3.74. The Labute approximate surface area is 114 Å². The monoisotopic (exact) mass is 265 g/mol. The highest BCUT2D eigenvalue weighted by molar-refractivity contribution is 5.87. The summed E-state index contributed by atoms with van der Waals surface area (Å²) in [5, 5.41) is 3.45. The summed E-state index contributed by atoms with van der Waals surface area (Å²) >= 11 is 0. The van der Waals surface area contributed by atoms with Gasteiger partial charge in [0.2, 0.25) is 0 Å². The van der Waals surface area contributed by atoms with Gasteiger partial charge in [0, 0.05) is 12.2 Å². The standard InChI is InChI=1S/C14H23N3O2/c1-17-7-5-11(6-8-17)9-15-10-12-3-4-13(16-12)14(18)19-2/h3-4,11,15-16H,5-10H2,1-2H3. The fourth-order valence-electron chi connectivity index (χ4n) is 2.45. The van der Waals surface area contributed by atoms with Crippen LogP contribution in [0.2, 0.25) is 0 Å². The molecule has 1 aliphatic heterocycles.